The van der Waals surface area contributed by atoms with Crippen molar-refractivity contribution in [3.63, 3.8) is 0 Å². The second-order valence-corrected chi connectivity index (χ2v) is 8.21. The first kappa shape index (κ1) is 16.3. The number of hydrogen-bond donors (Lipinski definition) is 1. The van der Waals surface area contributed by atoms with E-state index < -0.39 is 16.1 Å². The predicted octanol–water partition coefficient (Wildman–Crippen LogP) is 3.75. The molecule has 1 aromatic heterocycles. The van der Waals surface area contributed by atoms with Gasteiger partial charge in [-0.05, 0) is 68.0 Å². The fraction of sp³-hybridized carbons (Fsp3) is 0.316. The quantitative estimate of drug-likeness (QED) is 0.773. The minimum Gasteiger partial charge on any atom is -0.439 e. The van der Waals surface area contributed by atoms with Gasteiger partial charge in [0.05, 0.1) is 10.9 Å². The summed E-state index contributed by atoms with van der Waals surface area (Å²) in [5.74, 6) is 0.364. The third-order valence-electron chi connectivity index (χ3n) is 4.64. The smallest absolute Gasteiger partial charge is 0.241 e. The highest BCUT2D eigenvalue weighted by Crippen LogP contribution is 2.26. The number of nitrogens with one attached hydrogen (secondary N) is 1. The van der Waals surface area contributed by atoms with Crippen LogP contribution in [0.15, 0.2) is 51.8 Å². The maximum Gasteiger partial charge on any atom is 0.241 e. The average molecular weight is 356 g/mol. The summed E-state index contributed by atoms with van der Waals surface area (Å²) >= 11 is 0. The fourth-order valence-corrected chi connectivity index (χ4v) is 4.55. The van der Waals surface area contributed by atoms with E-state index in [0.717, 1.165) is 30.3 Å². The van der Waals surface area contributed by atoms with Gasteiger partial charge >= 0.3 is 0 Å². The third-order valence-corrected chi connectivity index (χ3v) is 6.18. The lowest BCUT2D eigenvalue weighted by atomic mass is 9.92. The maximum atomic E-state index is 12.7. The Bertz CT molecular complexity index is 991. The van der Waals surface area contributed by atoms with Crippen molar-refractivity contribution in [2.45, 2.75) is 43.5 Å². The van der Waals surface area contributed by atoms with E-state index in [-0.39, 0.29) is 0 Å². The third kappa shape index (κ3) is 3.19. The zero-order chi connectivity index (χ0) is 17.4. The number of fused-ring (bicyclic) bond motifs is 2. The monoisotopic (exact) mass is 356 g/mol. The summed E-state index contributed by atoms with van der Waals surface area (Å²) < 4.78 is 33.8. The second-order valence-electron chi connectivity index (χ2n) is 6.50. The van der Waals surface area contributed by atoms with E-state index in [0.29, 0.717) is 16.4 Å². The van der Waals surface area contributed by atoms with Gasteiger partial charge in [-0.1, -0.05) is 18.2 Å². The molecule has 3 aromatic rings. The molecule has 0 aliphatic heterocycles. The summed E-state index contributed by atoms with van der Waals surface area (Å²) in [7, 11) is -3.63. The highest BCUT2D eigenvalue weighted by atomic mass is 32.2. The molecular weight excluding hydrogens is 336 g/mol. The first-order valence-electron chi connectivity index (χ1n) is 8.52. The van der Waals surface area contributed by atoms with Crippen molar-refractivity contribution >= 4 is 21.1 Å². The molecule has 25 heavy (non-hydrogen) atoms. The Kier molecular flexibility index (Phi) is 4.09. The van der Waals surface area contributed by atoms with E-state index >= 15 is 0 Å². The lowest BCUT2D eigenvalue weighted by Crippen LogP contribution is -2.27. The summed E-state index contributed by atoms with van der Waals surface area (Å²) in [6, 6.07) is 12.3. The molecule has 1 unspecified atom stereocenters. The van der Waals surface area contributed by atoms with Gasteiger partial charge in [0.1, 0.15) is 5.52 Å². The summed E-state index contributed by atoms with van der Waals surface area (Å²) in [4.78, 5) is 4.67. The van der Waals surface area contributed by atoms with Gasteiger partial charge in [0.15, 0.2) is 5.58 Å². The van der Waals surface area contributed by atoms with E-state index in [1.807, 2.05) is 30.3 Å². The molecule has 0 fully saturated rings. The zero-order valence-corrected chi connectivity index (χ0v) is 14.8. The van der Waals surface area contributed by atoms with Crippen LogP contribution in [0.4, 0.5) is 0 Å². The molecule has 2 aromatic carbocycles. The predicted molar refractivity (Wildman–Crippen MR) is 95.8 cm³/mol. The fourth-order valence-electron chi connectivity index (χ4n) is 3.30. The van der Waals surface area contributed by atoms with Crippen molar-refractivity contribution in [1.82, 2.24) is 9.71 Å². The maximum absolute atomic E-state index is 12.7. The molecule has 130 valence electrons. The SMILES string of the molecule is CC(NS(=O)(=O)c1ccc2c(c1)CCCC2)c1nc2ccccc2o1. The minimum atomic E-state index is -3.63. The molecule has 0 spiro atoms. The molecule has 6 heteroatoms. The molecule has 0 radical (unpaired) electrons. The van der Waals surface area contributed by atoms with E-state index in [1.165, 1.54) is 12.0 Å². The molecule has 4 rings (SSSR count). The molecular formula is C19H20N2O3S. The Hall–Kier alpha value is -2.18. The number of benzene rings is 2. The normalized spacial score (nSPS) is 15.9. The number of sulfonamides is 1. The van der Waals surface area contributed by atoms with Crippen LogP contribution < -0.4 is 4.72 Å². The Balaban J connectivity index is 1.60. The number of nitrogens with zero attached hydrogens (tertiary/aromatic N) is 1. The van der Waals surface area contributed by atoms with Crippen LogP contribution in [0, 0.1) is 0 Å². The Morgan fingerprint density at radius 2 is 1.84 bits per heavy atom. The van der Waals surface area contributed by atoms with Crippen LogP contribution in [0.3, 0.4) is 0 Å². The second kappa shape index (κ2) is 6.28. The summed E-state index contributed by atoms with van der Waals surface area (Å²) in [5.41, 5.74) is 3.77. The number of aromatic nitrogens is 1. The first-order valence-corrected chi connectivity index (χ1v) is 10.0. The summed E-state index contributed by atoms with van der Waals surface area (Å²) in [6.07, 6.45) is 4.26. The van der Waals surface area contributed by atoms with Crippen LogP contribution in [-0.2, 0) is 22.9 Å². The first-order chi connectivity index (χ1) is 12.0. The summed E-state index contributed by atoms with van der Waals surface area (Å²) in [6.45, 7) is 1.74. The average Bonchev–Trinajstić information content (AvgIpc) is 3.05. The highest BCUT2D eigenvalue weighted by molar-refractivity contribution is 7.89. The van der Waals surface area contributed by atoms with Crippen LogP contribution in [0.2, 0.25) is 0 Å². The van der Waals surface area contributed by atoms with E-state index in [1.54, 1.807) is 19.1 Å². The lowest BCUT2D eigenvalue weighted by molar-refractivity contribution is 0.467. The van der Waals surface area contributed by atoms with Gasteiger partial charge in [-0.3, -0.25) is 0 Å². The van der Waals surface area contributed by atoms with Gasteiger partial charge in [-0.2, -0.15) is 4.72 Å². The molecule has 5 nitrogen and oxygen atoms in total. The number of aryl methyl sites for hydroxylation is 2. The molecule has 1 heterocycles. The topological polar surface area (TPSA) is 72.2 Å². The largest absolute Gasteiger partial charge is 0.439 e. The molecule has 0 saturated carbocycles. The number of hydrogen-bond acceptors (Lipinski definition) is 4. The van der Waals surface area contributed by atoms with Crippen LogP contribution >= 0.6 is 0 Å². The van der Waals surface area contributed by atoms with Crippen LogP contribution in [0.5, 0.6) is 0 Å². The summed E-state index contributed by atoms with van der Waals surface area (Å²) in [5, 5.41) is 0. The Labute approximate surface area is 147 Å². The van der Waals surface area contributed by atoms with Gasteiger partial charge in [-0.25, -0.2) is 13.4 Å². The van der Waals surface area contributed by atoms with Crippen LogP contribution in [-0.4, -0.2) is 13.4 Å². The number of rotatable bonds is 4. The van der Waals surface area contributed by atoms with Crippen molar-refractivity contribution in [3.8, 4) is 0 Å². The van der Waals surface area contributed by atoms with Gasteiger partial charge in [0.25, 0.3) is 0 Å². The standard InChI is InChI=1S/C19H20N2O3S/c1-13(19-20-17-8-4-5-9-18(17)24-19)21-25(22,23)16-11-10-14-6-2-3-7-15(14)12-16/h4-5,8-13,21H,2-3,6-7H2,1H3. The molecule has 0 saturated heterocycles. The molecule has 1 aliphatic carbocycles. The van der Waals surface area contributed by atoms with Gasteiger partial charge in [-0.15, -0.1) is 0 Å². The van der Waals surface area contributed by atoms with E-state index in [4.69, 9.17) is 4.42 Å². The van der Waals surface area contributed by atoms with Crippen molar-refractivity contribution < 1.29 is 12.8 Å². The molecule has 1 N–H and O–H groups in total. The van der Waals surface area contributed by atoms with Crippen molar-refractivity contribution in [1.29, 1.82) is 0 Å². The van der Waals surface area contributed by atoms with Crippen LogP contribution in [0.1, 0.15) is 42.8 Å². The highest BCUT2D eigenvalue weighted by Gasteiger charge is 2.23. The Morgan fingerprint density at radius 1 is 1.08 bits per heavy atom. The molecule has 0 bridgehead atoms. The minimum absolute atomic E-state index is 0.302. The van der Waals surface area contributed by atoms with Crippen molar-refractivity contribution in [2.24, 2.45) is 0 Å². The Morgan fingerprint density at radius 3 is 2.64 bits per heavy atom. The molecule has 1 atom stereocenters. The van der Waals surface area contributed by atoms with Gasteiger partial charge in [0, 0.05) is 0 Å². The van der Waals surface area contributed by atoms with Gasteiger partial charge in [0.2, 0.25) is 15.9 Å². The van der Waals surface area contributed by atoms with Crippen molar-refractivity contribution in [3.05, 3.63) is 59.5 Å². The number of para-hydroxylation sites is 2. The molecule has 1 aliphatic rings. The van der Waals surface area contributed by atoms with Crippen molar-refractivity contribution in [2.75, 3.05) is 0 Å². The van der Waals surface area contributed by atoms with E-state index in [9.17, 15) is 8.42 Å². The zero-order valence-electron chi connectivity index (χ0n) is 14.0. The van der Waals surface area contributed by atoms with Gasteiger partial charge < -0.3 is 4.42 Å². The molecule has 0 amide bonds. The lowest BCUT2D eigenvalue weighted by Gasteiger charge is -2.17. The van der Waals surface area contributed by atoms with Crippen LogP contribution in [0.25, 0.3) is 11.1 Å². The van der Waals surface area contributed by atoms with E-state index in [2.05, 4.69) is 9.71 Å². The number of oxazole rings is 1.